The second-order valence-corrected chi connectivity index (χ2v) is 36.1. The van der Waals surface area contributed by atoms with Gasteiger partial charge in [0.15, 0.2) is 0 Å². The predicted molar refractivity (Wildman–Crippen MR) is 423 cm³/mol. The van der Waals surface area contributed by atoms with Crippen molar-refractivity contribution < 1.29 is 4.74 Å². The summed E-state index contributed by atoms with van der Waals surface area (Å²) in [4.78, 5) is 12.7. The van der Waals surface area contributed by atoms with Crippen molar-refractivity contribution in [3.8, 4) is 16.9 Å². The summed E-state index contributed by atoms with van der Waals surface area (Å²) in [5.41, 5.74) is 20.0. The number of benzene rings is 22. The van der Waals surface area contributed by atoms with Gasteiger partial charge >= 0.3 is 0 Å². The van der Waals surface area contributed by atoms with Crippen LogP contribution in [0.2, 0.25) is 0 Å². The van der Waals surface area contributed by atoms with Crippen LogP contribution in [0.5, 0.6) is 5.75 Å². The van der Waals surface area contributed by atoms with Gasteiger partial charge in [-0.2, -0.15) is 0 Å². The minimum Gasteiger partial charge on any atom is -0.497 e. The van der Waals surface area contributed by atoms with Gasteiger partial charge in [-0.25, -0.2) is 0 Å². The van der Waals surface area contributed by atoms with Gasteiger partial charge in [0.25, 0.3) is 0 Å². The van der Waals surface area contributed by atoms with Crippen LogP contribution in [0, 0.1) is 10.8 Å². The maximum absolute atomic E-state index is 6.52. The summed E-state index contributed by atoms with van der Waals surface area (Å²) < 4.78 is 5.93. The molecular formula is C99H34N2O. The number of ether oxygens (including phenoxy) is 1. The van der Waals surface area contributed by atoms with E-state index >= 15 is 0 Å². The first-order valence-electron chi connectivity index (χ1n) is 38.2. The molecule has 4 spiro atoms. The lowest BCUT2D eigenvalue weighted by molar-refractivity contribution is 0.415. The molecule has 14 aliphatic carbocycles. The molecule has 2 fully saturated rings. The van der Waals surface area contributed by atoms with E-state index < -0.39 is 32.5 Å². The molecule has 30 aromatic carbocycles. The fraction of sp³-hybridized carbons (Fsp3) is 0.131. The zero-order valence-electron chi connectivity index (χ0n) is 54.0. The molecule has 446 valence electrons. The third-order valence-corrected chi connectivity index (χ3v) is 35.2. The summed E-state index contributed by atoms with van der Waals surface area (Å²) >= 11 is 0. The summed E-state index contributed by atoms with van der Waals surface area (Å²) in [5, 5.41) is 84.2. The van der Waals surface area contributed by atoms with Crippen LogP contribution in [0.15, 0.2) is 113 Å². The van der Waals surface area contributed by atoms with Crippen molar-refractivity contribution in [2.45, 2.75) is 60.2 Å². The number of nitrogens with zero attached hydrogens (tertiary/aromatic N) is 2. The van der Waals surface area contributed by atoms with Gasteiger partial charge in [0.2, 0.25) is 0 Å². The Morgan fingerprint density at radius 1 is 0.275 bits per heavy atom. The quantitative estimate of drug-likeness (QED) is 0.125. The lowest BCUT2D eigenvalue weighted by Crippen LogP contribution is -2.28. The second-order valence-electron chi connectivity index (χ2n) is 36.1. The van der Waals surface area contributed by atoms with Crippen molar-refractivity contribution in [1.82, 2.24) is 0 Å². The van der Waals surface area contributed by atoms with Crippen molar-refractivity contribution in [2.24, 2.45) is 20.8 Å². The second kappa shape index (κ2) is 10.8. The van der Waals surface area contributed by atoms with E-state index in [1.807, 2.05) is 0 Å². The average molecular weight is 1270 g/mol. The number of rotatable bonds is 5. The molecule has 30 aromatic rings. The normalized spacial score (nSPS) is 26.6. The van der Waals surface area contributed by atoms with Gasteiger partial charge in [0.05, 0.1) is 18.5 Å². The molecule has 3 nitrogen and oxygen atoms in total. The Kier molecular flexibility index (Phi) is 4.57. The Morgan fingerprint density at radius 3 is 0.941 bits per heavy atom. The molecular weight excluding hydrogens is 1230 g/mol. The fourth-order valence-electron chi connectivity index (χ4n) is 34.2. The number of methoxy groups -OCH3 is 1. The Balaban J connectivity index is 0.847. The molecule has 3 unspecified atom stereocenters. The van der Waals surface area contributed by atoms with Crippen LogP contribution >= 0.6 is 0 Å². The van der Waals surface area contributed by atoms with E-state index in [-0.39, 0.29) is 0 Å². The molecule has 0 radical (unpaired) electrons. The van der Waals surface area contributed by atoms with E-state index in [9.17, 15) is 0 Å². The zero-order chi connectivity index (χ0) is 62.5. The number of hydrogen-bond donors (Lipinski definition) is 0. The van der Waals surface area contributed by atoms with E-state index in [0.717, 1.165) is 55.6 Å². The maximum atomic E-state index is 6.52. The van der Waals surface area contributed by atoms with Gasteiger partial charge in [-0.3, -0.25) is 9.98 Å². The maximum Gasteiger partial charge on any atom is 0.119 e. The highest BCUT2D eigenvalue weighted by Gasteiger charge is 2.98. The number of aliphatic imine (C=N–C) groups is 2. The van der Waals surface area contributed by atoms with Crippen LogP contribution in [0.1, 0.15) is 81.3 Å². The van der Waals surface area contributed by atoms with Crippen molar-refractivity contribution in [3.05, 3.63) is 159 Å². The van der Waals surface area contributed by atoms with Crippen LogP contribution in [0.3, 0.4) is 0 Å². The van der Waals surface area contributed by atoms with Gasteiger partial charge in [0.1, 0.15) is 5.75 Å². The van der Waals surface area contributed by atoms with Gasteiger partial charge in [-0.05, 0) is 410 Å². The van der Waals surface area contributed by atoms with Gasteiger partial charge < -0.3 is 4.74 Å². The molecule has 102 heavy (non-hydrogen) atoms. The zero-order valence-corrected chi connectivity index (χ0v) is 54.0. The molecule has 0 heterocycles. The topological polar surface area (TPSA) is 34.0 Å². The van der Waals surface area contributed by atoms with E-state index in [0.29, 0.717) is 0 Å². The van der Waals surface area contributed by atoms with Crippen molar-refractivity contribution in [3.63, 3.8) is 0 Å². The lowest BCUT2D eigenvalue weighted by Gasteiger charge is -2.34. The van der Waals surface area contributed by atoms with Crippen LogP contribution in [0.4, 0.5) is 11.4 Å². The summed E-state index contributed by atoms with van der Waals surface area (Å²) in [6.07, 6.45) is 11.9. The summed E-state index contributed by atoms with van der Waals surface area (Å²) in [5.74, 6) is 0.882. The predicted octanol–water partition coefficient (Wildman–Crippen LogP) is 24.9. The number of aryl methyl sites for hydroxylation is 2. The molecule has 0 N–H and O–H groups in total. The highest BCUT2D eigenvalue weighted by atomic mass is 16.5. The first-order valence-corrected chi connectivity index (χ1v) is 38.2. The minimum absolute atomic E-state index is 0.408. The van der Waals surface area contributed by atoms with Crippen LogP contribution in [-0.4, -0.2) is 19.5 Å². The average Bonchev–Trinajstić information content (AvgIpc) is 1.34. The molecule has 3 atom stereocenters. The fourth-order valence-corrected chi connectivity index (χ4v) is 34.2. The van der Waals surface area contributed by atoms with Gasteiger partial charge in [-0.15, -0.1) is 0 Å². The Labute approximate surface area is 568 Å². The molecule has 12 bridgehead atoms. The van der Waals surface area contributed by atoms with Crippen LogP contribution in [0.25, 0.3) is 291 Å². The molecule has 44 rings (SSSR count). The Morgan fingerprint density at radius 2 is 0.569 bits per heavy atom. The third kappa shape index (κ3) is 2.69. The third-order valence-electron chi connectivity index (χ3n) is 35.2. The SMILES string of the molecule is COc1ccc(N=CC23CCCc4ccc(cc4)CCCC4(C=Nc5ccc6ccc7cccc8ccc5c6c78)C56c7c8c9c%10c%11c%12c%13c%14c%15c%16c%17c(c-8c8c%18c%19c(c%20c%21c5c5c7c%10c7c%11c%10c%13c%11c%13c%14c%14c%16c(c%17%18)c%16c%19c%17c%20c%18c%21c%19c5c7c5c%10c%11c7c(c%195)c%18c5c%17c%16c%14c%13c57)C846)C92C%12%153)cc1. The lowest BCUT2D eigenvalue weighted by atomic mass is 9.66. The van der Waals surface area contributed by atoms with E-state index in [4.69, 9.17) is 14.7 Å². The molecule has 0 saturated heterocycles. The van der Waals surface area contributed by atoms with Gasteiger partial charge in [-0.1, -0.05) is 72.8 Å². The molecule has 0 aromatic heterocycles. The van der Waals surface area contributed by atoms with Crippen LogP contribution in [-0.2, 0) is 34.5 Å². The first kappa shape index (κ1) is 43.0. The van der Waals surface area contributed by atoms with Crippen molar-refractivity contribution in [2.75, 3.05) is 7.11 Å². The molecule has 3 heteroatoms. The van der Waals surface area contributed by atoms with Gasteiger partial charge in [0, 0.05) is 50.3 Å². The van der Waals surface area contributed by atoms with Crippen molar-refractivity contribution in [1.29, 1.82) is 0 Å². The highest BCUT2D eigenvalue weighted by molar-refractivity contribution is 6.79. The van der Waals surface area contributed by atoms with E-state index in [2.05, 4.69) is 116 Å². The Hall–Kier alpha value is -11.8. The molecule has 0 aliphatic heterocycles. The monoisotopic (exact) mass is 1270 g/mol. The minimum atomic E-state index is -0.448. The van der Waals surface area contributed by atoms with E-state index in [1.165, 1.54) is 43.4 Å². The summed E-state index contributed by atoms with van der Waals surface area (Å²) in [6.45, 7) is 0. The first-order chi connectivity index (χ1) is 50.7. The smallest absolute Gasteiger partial charge is 0.119 e. The summed E-state index contributed by atoms with van der Waals surface area (Å²) in [6, 6.07) is 40.3. The van der Waals surface area contributed by atoms with Crippen LogP contribution < -0.4 is 4.74 Å². The summed E-state index contributed by atoms with van der Waals surface area (Å²) in [7, 11) is 1.81. The molecule has 0 amide bonds. The number of hydrogen-bond acceptors (Lipinski definition) is 3. The van der Waals surface area contributed by atoms with E-state index in [1.54, 1.807) is 311 Å². The molecule has 2 saturated carbocycles. The largest absolute Gasteiger partial charge is 0.497 e. The van der Waals surface area contributed by atoms with Crippen molar-refractivity contribution >= 4 is 304 Å². The molecule has 14 aliphatic rings. The Bertz CT molecular complexity index is 9360. The highest BCUT2D eigenvalue weighted by Crippen LogP contribution is 3.03. The standard InChI is InChI=1S/C99H34N2O/c1-102-33-19-17-32(18-20-33)100-25-94-23-3-5-27-9-11-28(12-10-27)6-4-24-95(26-101-35-22-16-31-14-13-29-7-2-8-30-15-21-34(35)37(31)36(29)30)97-88-74-66-55-47-40-38-39-41-46(40)59(66)67-56-48(41)45-50-43(39)52-51-42(38)49-44(47)53-60-68-57(49)62(51)72-73-63(52)58(50)69-61-54(45)65(56)77-81-71(61)83-79(69)87(73)96(94)86(72)78(68)82-70(60)80(76(88)64(53)55)90(97)84-85(93(83)99(94,96)92(82)84)91(81)98(95,97)89(77)75(67)74/h2,7-22,25-26H,3-6,23-24H2,1H3.